The second kappa shape index (κ2) is 7.95. The fourth-order valence-electron chi connectivity index (χ4n) is 2.92. The molecular formula is C20H20N2O5S. The molecule has 0 amide bonds. The number of carbonyl (C=O) groups excluding carboxylic acids is 1. The van der Waals surface area contributed by atoms with Crippen LogP contribution in [0.5, 0.6) is 5.75 Å². The standard InChI is InChI=1S/C20H20N2O5S/c1-13-17-5-3-4-6-18(17)22-14(2)19(13)20(23)27-12-11-26-15-7-9-16(10-8-15)28(21,24)25/h3-10H,11-12H2,1-2H3,(H2,21,24,25). The highest BCUT2D eigenvalue weighted by Gasteiger charge is 2.17. The molecule has 0 saturated carbocycles. The Labute approximate surface area is 163 Å². The highest BCUT2D eigenvalue weighted by molar-refractivity contribution is 7.89. The number of aryl methyl sites for hydroxylation is 2. The minimum atomic E-state index is -3.74. The van der Waals surface area contributed by atoms with Crippen LogP contribution in [0.25, 0.3) is 10.9 Å². The molecule has 7 nitrogen and oxygen atoms in total. The number of esters is 1. The van der Waals surface area contributed by atoms with Crippen LogP contribution in [-0.4, -0.2) is 32.6 Å². The van der Waals surface area contributed by atoms with Crippen molar-refractivity contribution in [2.75, 3.05) is 13.2 Å². The van der Waals surface area contributed by atoms with E-state index in [4.69, 9.17) is 14.6 Å². The van der Waals surface area contributed by atoms with E-state index in [-0.39, 0.29) is 18.1 Å². The summed E-state index contributed by atoms with van der Waals surface area (Å²) in [6, 6.07) is 13.3. The topological polar surface area (TPSA) is 109 Å². The van der Waals surface area contributed by atoms with Gasteiger partial charge in [0.2, 0.25) is 10.0 Å². The maximum atomic E-state index is 12.5. The van der Waals surface area contributed by atoms with Crippen LogP contribution < -0.4 is 9.88 Å². The molecule has 0 radical (unpaired) electrons. The van der Waals surface area contributed by atoms with Crippen LogP contribution in [0.2, 0.25) is 0 Å². The Morgan fingerprint density at radius 2 is 1.71 bits per heavy atom. The summed E-state index contributed by atoms with van der Waals surface area (Å²) >= 11 is 0. The number of hydrogen-bond acceptors (Lipinski definition) is 6. The first-order chi connectivity index (χ1) is 13.3. The number of benzene rings is 2. The second-order valence-electron chi connectivity index (χ2n) is 6.22. The van der Waals surface area contributed by atoms with E-state index in [0.717, 1.165) is 16.5 Å². The molecular weight excluding hydrogens is 380 g/mol. The predicted molar refractivity (Wildman–Crippen MR) is 105 cm³/mol. The van der Waals surface area contributed by atoms with Gasteiger partial charge >= 0.3 is 5.97 Å². The summed E-state index contributed by atoms with van der Waals surface area (Å²) in [6.07, 6.45) is 0. The van der Waals surface area contributed by atoms with Crippen molar-refractivity contribution in [3.05, 3.63) is 65.4 Å². The molecule has 3 aromatic rings. The fraction of sp³-hybridized carbons (Fsp3) is 0.200. The summed E-state index contributed by atoms with van der Waals surface area (Å²) in [6.45, 7) is 3.82. The molecule has 28 heavy (non-hydrogen) atoms. The lowest BCUT2D eigenvalue weighted by Gasteiger charge is -2.12. The number of pyridine rings is 1. The summed E-state index contributed by atoms with van der Waals surface area (Å²) in [4.78, 5) is 17.0. The smallest absolute Gasteiger partial charge is 0.340 e. The number of para-hydroxylation sites is 1. The molecule has 0 spiro atoms. The molecule has 0 atom stereocenters. The number of aromatic nitrogens is 1. The minimum Gasteiger partial charge on any atom is -0.490 e. The zero-order valence-corrected chi connectivity index (χ0v) is 16.3. The number of primary sulfonamides is 1. The molecule has 2 aromatic carbocycles. The molecule has 0 aliphatic heterocycles. The van der Waals surface area contributed by atoms with Gasteiger partial charge in [-0.25, -0.2) is 18.4 Å². The first-order valence-electron chi connectivity index (χ1n) is 8.56. The maximum Gasteiger partial charge on any atom is 0.340 e. The molecule has 0 aliphatic carbocycles. The van der Waals surface area contributed by atoms with Gasteiger partial charge in [-0.2, -0.15) is 0 Å². The average molecular weight is 400 g/mol. The van der Waals surface area contributed by atoms with Crippen LogP contribution in [-0.2, 0) is 14.8 Å². The van der Waals surface area contributed by atoms with Crippen LogP contribution >= 0.6 is 0 Å². The fourth-order valence-corrected chi connectivity index (χ4v) is 3.44. The highest BCUT2D eigenvalue weighted by Crippen LogP contribution is 2.23. The number of ether oxygens (including phenoxy) is 2. The van der Waals surface area contributed by atoms with Crippen molar-refractivity contribution >= 4 is 26.9 Å². The third-order valence-corrected chi connectivity index (χ3v) is 5.20. The lowest BCUT2D eigenvalue weighted by molar-refractivity contribution is 0.0448. The van der Waals surface area contributed by atoms with E-state index in [1.807, 2.05) is 31.2 Å². The van der Waals surface area contributed by atoms with Gasteiger partial charge in [0.05, 0.1) is 21.7 Å². The van der Waals surface area contributed by atoms with Crippen LogP contribution in [0.1, 0.15) is 21.6 Å². The first kappa shape index (κ1) is 19.8. The highest BCUT2D eigenvalue weighted by atomic mass is 32.2. The van der Waals surface area contributed by atoms with Gasteiger partial charge in [-0.3, -0.25) is 4.98 Å². The van der Waals surface area contributed by atoms with Gasteiger partial charge in [0, 0.05) is 5.39 Å². The van der Waals surface area contributed by atoms with Gasteiger partial charge in [-0.05, 0) is 49.7 Å². The summed E-state index contributed by atoms with van der Waals surface area (Å²) < 4.78 is 33.2. The van der Waals surface area contributed by atoms with Gasteiger partial charge in [0.25, 0.3) is 0 Å². The Balaban J connectivity index is 1.61. The average Bonchev–Trinajstić information content (AvgIpc) is 2.65. The van der Waals surface area contributed by atoms with E-state index >= 15 is 0 Å². The Hall–Kier alpha value is -2.97. The van der Waals surface area contributed by atoms with E-state index in [1.54, 1.807) is 6.92 Å². The number of carbonyl (C=O) groups is 1. The normalized spacial score (nSPS) is 11.4. The molecule has 3 rings (SSSR count). The predicted octanol–water partition coefficient (Wildman–Crippen LogP) is 2.73. The van der Waals surface area contributed by atoms with Crippen molar-refractivity contribution in [3.63, 3.8) is 0 Å². The second-order valence-corrected chi connectivity index (χ2v) is 7.78. The molecule has 0 unspecified atom stereocenters. The molecule has 1 heterocycles. The zero-order valence-electron chi connectivity index (χ0n) is 15.5. The number of hydrogen-bond donors (Lipinski definition) is 1. The van der Waals surface area contributed by atoms with Gasteiger partial charge in [-0.15, -0.1) is 0 Å². The van der Waals surface area contributed by atoms with Crippen molar-refractivity contribution in [1.29, 1.82) is 0 Å². The Morgan fingerprint density at radius 1 is 1.04 bits per heavy atom. The molecule has 146 valence electrons. The summed E-state index contributed by atoms with van der Waals surface area (Å²) in [5.41, 5.74) is 2.73. The van der Waals surface area contributed by atoms with Crippen LogP contribution in [0.3, 0.4) is 0 Å². The van der Waals surface area contributed by atoms with E-state index in [1.165, 1.54) is 24.3 Å². The molecule has 1 aromatic heterocycles. The van der Waals surface area contributed by atoms with Gasteiger partial charge in [0.15, 0.2) is 0 Å². The molecule has 8 heteroatoms. The van der Waals surface area contributed by atoms with Crippen molar-refractivity contribution in [1.82, 2.24) is 4.98 Å². The zero-order chi connectivity index (χ0) is 20.3. The molecule has 0 saturated heterocycles. The monoisotopic (exact) mass is 400 g/mol. The third-order valence-electron chi connectivity index (χ3n) is 4.27. The summed E-state index contributed by atoms with van der Waals surface area (Å²) in [5, 5.41) is 5.95. The number of nitrogens with zero attached hydrogens (tertiary/aromatic N) is 1. The summed E-state index contributed by atoms with van der Waals surface area (Å²) in [7, 11) is -3.74. The number of fused-ring (bicyclic) bond motifs is 1. The lowest BCUT2D eigenvalue weighted by Crippen LogP contribution is -2.15. The van der Waals surface area contributed by atoms with E-state index in [2.05, 4.69) is 4.98 Å². The molecule has 0 bridgehead atoms. The van der Waals surface area contributed by atoms with E-state index in [0.29, 0.717) is 17.0 Å². The van der Waals surface area contributed by atoms with Crippen LogP contribution in [0.15, 0.2) is 53.4 Å². The Bertz CT molecular complexity index is 1130. The van der Waals surface area contributed by atoms with Crippen LogP contribution in [0.4, 0.5) is 0 Å². The Morgan fingerprint density at radius 3 is 2.39 bits per heavy atom. The van der Waals surface area contributed by atoms with E-state index < -0.39 is 16.0 Å². The number of rotatable bonds is 6. The molecule has 0 aliphatic rings. The van der Waals surface area contributed by atoms with Crippen molar-refractivity contribution in [2.24, 2.45) is 5.14 Å². The van der Waals surface area contributed by atoms with Crippen LogP contribution in [0, 0.1) is 13.8 Å². The number of sulfonamides is 1. The largest absolute Gasteiger partial charge is 0.490 e. The van der Waals surface area contributed by atoms with Crippen molar-refractivity contribution in [2.45, 2.75) is 18.7 Å². The first-order valence-corrected chi connectivity index (χ1v) is 10.1. The van der Waals surface area contributed by atoms with E-state index in [9.17, 15) is 13.2 Å². The van der Waals surface area contributed by atoms with Gasteiger partial charge in [-0.1, -0.05) is 18.2 Å². The maximum absolute atomic E-state index is 12.5. The van der Waals surface area contributed by atoms with Gasteiger partial charge < -0.3 is 9.47 Å². The third kappa shape index (κ3) is 4.29. The van der Waals surface area contributed by atoms with Crippen molar-refractivity contribution in [3.8, 4) is 5.75 Å². The minimum absolute atomic E-state index is 0.000956. The summed E-state index contributed by atoms with van der Waals surface area (Å²) in [5.74, 6) is -0.00962. The lowest BCUT2D eigenvalue weighted by atomic mass is 10.0. The molecule has 2 N–H and O–H groups in total. The molecule has 0 fully saturated rings. The van der Waals surface area contributed by atoms with Gasteiger partial charge in [0.1, 0.15) is 19.0 Å². The SMILES string of the molecule is Cc1nc2ccccc2c(C)c1C(=O)OCCOc1ccc(S(N)(=O)=O)cc1. The van der Waals surface area contributed by atoms with Crippen molar-refractivity contribution < 1.29 is 22.7 Å². The quantitative estimate of drug-likeness (QED) is 0.503. The Kier molecular flexibility index (Phi) is 5.62. The number of nitrogens with two attached hydrogens (primary N) is 1.